The van der Waals surface area contributed by atoms with Crippen molar-refractivity contribution in [2.24, 2.45) is 23.7 Å². The first-order chi connectivity index (χ1) is 24.9. The zero-order valence-corrected chi connectivity index (χ0v) is 30.1. The van der Waals surface area contributed by atoms with Crippen LogP contribution in [0, 0.1) is 23.7 Å². The summed E-state index contributed by atoms with van der Waals surface area (Å²) in [6.45, 7) is 4.06. The number of carbonyl (C=O) groups excluding carboxylic acids is 6. The first kappa shape index (κ1) is 42.4. The van der Waals surface area contributed by atoms with E-state index in [9.17, 15) is 28.8 Å². The summed E-state index contributed by atoms with van der Waals surface area (Å²) in [4.78, 5) is 62.6. The van der Waals surface area contributed by atoms with Gasteiger partial charge in [0.15, 0.2) is 0 Å². The highest BCUT2D eigenvalue weighted by atomic mass is 16.5. The fourth-order valence-corrected chi connectivity index (χ4v) is 5.60. The van der Waals surface area contributed by atoms with E-state index in [4.69, 9.17) is 4.74 Å². The Bertz CT molecular complexity index is 1390. The van der Waals surface area contributed by atoms with Crippen LogP contribution in [0.3, 0.4) is 0 Å². The van der Waals surface area contributed by atoms with Crippen LogP contribution in [-0.4, -0.2) is 44.0 Å². The molecule has 272 valence electrons. The van der Waals surface area contributed by atoms with Crippen LogP contribution in [0.1, 0.15) is 100 Å². The number of hydrogen-bond acceptors (Lipinski definition) is 7. The average Bonchev–Trinajstić information content (AvgIpc) is 4.01. The van der Waals surface area contributed by atoms with E-state index in [0.29, 0.717) is 24.9 Å². The first-order valence-corrected chi connectivity index (χ1v) is 18.1. The van der Waals surface area contributed by atoms with Crippen LogP contribution in [0.4, 0.5) is 0 Å². The predicted octanol–water partition coefficient (Wildman–Crippen LogP) is 8.70. The monoisotopic (exact) mass is 694 g/mol. The molecule has 0 heterocycles. The van der Waals surface area contributed by atoms with E-state index < -0.39 is 0 Å². The van der Waals surface area contributed by atoms with Gasteiger partial charge in [-0.15, -0.1) is 0 Å². The third-order valence-corrected chi connectivity index (χ3v) is 8.93. The molecular formula is C44H54O7. The Labute approximate surface area is 303 Å². The molecule has 0 aromatic heterocycles. The fraction of sp³-hybridized carbons (Fsp3) is 0.409. The Morgan fingerprint density at radius 1 is 0.667 bits per heavy atom. The molecule has 3 aliphatic carbocycles. The van der Waals surface area contributed by atoms with E-state index in [1.165, 1.54) is 19.3 Å². The molecule has 0 amide bonds. The minimum Gasteiger partial charge on any atom is -0.466 e. The lowest BCUT2D eigenvalue weighted by atomic mass is 9.91. The molecule has 2 fully saturated rings. The van der Waals surface area contributed by atoms with Crippen LogP contribution < -0.4 is 0 Å². The molecule has 0 bridgehead atoms. The van der Waals surface area contributed by atoms with Gasteiger partial charge >= 0.3 is 5.97 Å². The third kappa shape index (κ3) is 17.1. The second-order valence-electron chi connectivity index (χ2n) is 12.9. The maximum Gasteiger partial charge on any atom is 0.309 e. The number of benzene rings is 3. The molecule has 2 saturated carbocycles. The molecule has 6 rings (SSSR count). The Balaban J connectivity index is 0.000000226. The Morgan fingerprint density at radius 3 is 1.55 bits per heavy atom. The van der Waals surface area contributed by atoms with E-state index in [0.717, 1.165) is 80.2 Å². The normalized spacial score (nSPS) is 19.2. The molecule has 4 unspecified atom stereocenters. The molecule has 7 heteroatoms. The molecule has 0 spiro atoms. The van der Waals surface area contributed by atoms with Gasteiger partial charge in [-0.3, -0.25) is 4.79 Å². The highest BCUT2D eigenvalue weighted by Crippen LogP contribution is 2.37. The van der Waals surface area contributed by atoms with Crippen LogP contribution in [0.25, 0.3) is 0 Å². The number of carbonyl (C=O) groups is 6. The maximum absolute atomic E-state index is 11.1. The first-order valence-electron chi connectivity index (χ1n) is 18.1. The zero-order valence-electron chi connectivity index (χ0n) is 30.1. The molecule has 0 radical (unpaired) electrons. The summed E-state index contributed by atoms with van der Waals surface area (Å²) in [5.41, 5.74) is 3.16. The van der Waals surface area contributed by atoms with Crippen molar-refractivity contribution in [2.75, 3.05) is 6.61 Å². The maximum atomic E-state index is 11.1. The van der Waals surface area contributed by atoms with Crippen molar-refractivity contribution in [3.63, 3.8) is 0 Å². The van der Waals surface area contributed by atoms with Crippen molar-refractivity contribution in [1.82, 2.24) is 0 Å². The van der Waals surface area contributed by atoms with Crippen molar-refractivity contribution in [2.45, 2.75) is 83.5 Å². The van der Waals surface area contributed by atoms with Crippen LogP contribution >= 0.6 is 0 Å². The lowest BCUT2D eigenvalue weighted by molar-refractivity contribution is -0.145. The van der Waals surface area contributed by atoms with Gasteiger partial charge in [0, 0.05) is 23.7 Å². The average molecular weight is 695 g/mol. The molecule has 3 aromatic rings. The molecular weight excluding hydrogens is 640 g/mol. The molecule has 3 aliphatic rings. The molecule has 0 saturated heterocycles. The Kier molecular flexibility index (Phi) is 21.7. The van der Waals surface area contributed by atoms with Gasteiger partial charge < -0.3 is 28.7 Å². The number of ether oxygens (including phenoxy) is 1. The number of hydrogen-bond donors (Lipinski definition) is 0. The van der Waals surface area contributed by atoms with E-state index in [1.54, 1.807) is 6.92 Å². The molecule has 4 atom stereocenters. The largest absolute Gasteiger partial charge is 0.466 e. The molecule has 7 nitrogen and oxygen atoms in total. The lowest BCUT2D eigenvalue weighted by Gasteiger charge is -2.14. The number of esters is 1. The SMILES string of the molecule is CC(C=O)c1ccccc1.CCOC(=O)C1CC1C=O.O=CC(c1ccccc1)c1ccccc1.O=CC1CC=CCC1.O=CC1CCCCC1. The second kappa shape index (κ2) is 26.1. The molecule has 0 aliphatic heterocycles. The van der Waals surface area contributed by atoms with E-state index in [1.807, 2.05) is 97.9 Å². The van der Waals surface area contributed by atoms with E-state index in [-0.39, 0.29) is 29.6 Å². The smallest absolute Gasteiger partial charge is 0.309 e. The van der Waals surface area contributed by atoms with Gasteiger partial charge in [-0.05, 0) is 62.1 Å². The van der Waals surface area contributed by atoms with Gasteiger partial charge in [-0.25, -0.2) is 0 Å². The predicted molar refractivity (Wildman–Crippen MR) is 201 cm³/mol. The summed E-state index contributed by atoms with van der Waals surface area (Å²) in [5, 5.41) is 0. The Hall–Kier alpha value is -4.78. The fourth-order valence-electron chi connectivity index (χ4n) is 5.60. The van der Waals surface area contributed by atoms with Gasteiger partial charge in [0.05, 0.1) is 18.4 Å². The van der Waals surface area contributed by atoms with Gasteiger partial charge in [0.1, 0.15) is 31.4 Å². The lowest BCUT2D eigenvalue weighted by Crippen LogP contribution is -2.07. The molecule has 3 aromatic carbocycles. The van der Waals surface area contributed by atoms with Crippen molar-refractivity contribution < 1.29 is 33.5 Å². The summed E-state index contributed by atoms with van der Waals surface area (Å²) in [7, 11) is 0. The molecule has 0 N–H and O–H groups in total. The van der Waals surface area contributed by atoms with E-state index in [2.05, 4.69) is 12.2 Å². The van der Waals surface area contributed by atoms with Crippen LogP contribution in [-0.2, 0) is 33.5 Å². The summed E-state index contributed by atoms with van der Waals surface area (Å²) in [6, 6.07) is 29.4. The van der Waals surface area contributed by atoms with Gasteiger partial charge in [-0.1, -0.05) is 129 Å². The summed E-state index contributed by atoms with van der Waals surface area (Å²) in [5.74, 6) is 0.202. The number of aldehydes is 5. The van der Waals surface area contributed by atoms with Crippen LogP contribution in [0.15, 0.2) is 103 Å². The van der Waals surface area contributed by atoms with Gasteiger partial charge in [0.25, 0.3) is 0 Å². The van der Waals surface area contributed by atoms with Gasteiger partial charge in [-0.2, -0.15) is 0 Å². The van der Waals surface area contributed by atoms with E-state index >= 15 is 0 Å². The highest BCUT2D eigenvalue weighted by Gasteiger charge is 2.43. The Morgan fingerprint density at radius 2 is 1.20 bits per heavy atom. The van der Waals surface area contributed by atoms with Crippen LogP contribution in [0.2, 0.25) is 0 Å². The van der Waals surface area contributed by atoms with Crippen molar-refractivity contribution in [1.29, 1.82) is 0 Å². The molecule has 51 heavy (non-hydrogen) atoms. The number of allylic oxidation sites excluding steroid dienone is 2. The zero-order chi connectivity index (χ0) is 37.1. The van der Waals surface area contributed by atoms with Crippen molar-refractivity contribution in [3.05, 3.63) is 120 Å². The van der Waals surface area contributed by atoms with Crippen molar-refractivity contribution in [3.8, 4) is 0 Å². The minimum absolute atomic E-state index is 0.0289. The van der Waals surface area contributed by atoms with Crippen LogP contribution in [0.5, 0.6) is 0 Å². The summed E-state index contributed by atoms with van der Waals surface area (Å²) >= 11 is 0. The summed E-state index contributed by atoms with van der Waals surface area (Å²) < 4.78 is 4.70. The standard InChI is InChI=1S/C14H12O.C9H10O.C7H10O3.C7H12O.C7H10O/c15-11-14(12-7-3-1-4-8-12)13-9-5-2-6-10-13;1-8(7-10)9-5-3-2-4-6-9;1-2-10-7(9)6-3-5(6)4-8;2*8-6-7-4-2-1-3-5-7/h1-11,14H;2-8H,1H3;4-6H,2-3H2,1H3;6-7H,1-5H2;1-2,6-7H,3-5H2. The quantitative estimate of drug-likeness (QED) is 0.119. The third-order valence-electron chi connectivity index (χ3n) is 8.93. The second-order valence-corrected chi connectivity index (χ2v) is 12.9. The summed E-state index contributed by atoms with van der Waals surface area (Å²) in [6.07, 6.45) is 19.1. The minimum atomic E-state index is -0.223. The highest BCUT2D eigenvalue weighted by molar-refractivity contribution is 5.81. The van der Waals surface area contributed by atoms with Crippen molar-refractivity contribution >= 4 is 37.4 Å². The number of rotatable bonds is 10. The van der Waals surface area contributed by atoms with Gasteiger partial charge in [0.2, 0.25) is 0 Å². The topological polar surface area (TPSA) is 112 Å².